The molecule has 0 radical (unpaired) electrons. The number of nitrogens with two attached hydrogens (primary N) is 1. The topological polar surface area (TPSA) is 64.1 Å². The zero-order valence-corrected chi connectivity index (χ0v) is 11.4. The number of hydrogen-bond acceptors (Lipinski definition) is 3. The zero-order chi connectivity index (χ0) is 13.0. The fraction of sp³-hybridized carbons (Fsp3) is 0.786. The third kappa shape index (κ3) is 3.33. The number of unbranched alkanes of at least 4 members (excludes halogenated alkanes) is 1. The van der Waals surface area contributed by atoms with Crippen LogP contribution in [0.2, 0.25) is 0 Å². The lowest BCUT2D eigenvalue weighted by atomic mass is 9.97. The molecule has 4 nitrogen and oxygen atoms in total. The number of imidazole rings is 1. The summed E-state index contributed by atoms with van der Waals surface area (Å²) in [6.07, 6.45) is 9.94. The summed E-state index contributed by atoms with van der Waals surface area (Å²) in [6, 6.07) is 0. The quantitative estimate of drug-likeness (QED) is 0.755. The Hall–Kier alpha value is -0.870. The van der Waals surface area contributed by atoms with Crippen molar-refractivity contribution >= 4 is 0 Å². The van der Waals surface area contributed by atoms with Gasteiger partial charge < -0.3 is 15.4 Å². The van der Waals surface area contributed by atoms with Crippen molar-refractivity contribution in [2.24, 2.45) is 5.73 Å². The van der Waals surface area contributed by atoms with Gasteiger partial charge in [-0.25, -0.2) is 4.98 Å². The van der Waals surface area contributed by atoms with E-state index in [-0.39, 0.29) is 6.61 Å². The second-order valence-electron chi connectivity index (χ2n) is 5.81. The van der Waals surface area contributed by atoms with Crippen LogP contribution in [0.1, 0.15) is 50.4 Å². The minimum Gasteiger partial charge on any atom is -0.394 e. The Kier molecular flexibility index (Phi) is 4.40. The Morgan fingerprint density at radius 2 is 2.17 bits per heavy atom. The highest BCUT2D eigenvalue weighted by Crippen LogP contribution is 2.20. The summed E-state index contributed by atoms with van der Waals surface area (Å²) < 4.78 is 2.31. The highest BCUT2D eigenvalue weighted by Gasteiger charge is 2.17. The predicted octanol–water partition coefficient (Wildman–Crippen LogP) is 1.64. The molecule has 1 aromatic rings. The van der Waals surface area contributed by atoms with E-state index in [9.17, 15) is 0 Å². The molecule has 0 bridgehead atoms. The summed E-state index contributed by atoms with van der Waals surface area (Å²) in [5, 5.41) is 9.10. The van der Waals surface area contributed by atoms with Gasteiger partial charge in [0, 0.05) is 17.8 Å². The maximum Gasteiger partial charge on any atom is 0.0951 e. The molecule has 0 saturated carbocycles. The Morgan fingerprint density at radius 3 is 2.94 bits per heavy atom. The van der Waals surface area contributed by atoms with Crippen molar-refractivity contribution in [3.8, 4) is 0 Å². The average molecular weight is 251 g/mol. The smallest absolute Gasteiger partial charge is 0.0951 e. The second kappa shape index (κ2) is 5.85. The molecule has 0 aromatic carbocycles. The Balaban J connectivity index is 1.79. The van der Waals surface area contributed by atoms with Crippen LogP contribution in [0.3, 0.4) is 0 Å². The SMILES string of the molecule is CC(N)(CO)CCCCn1cnc2c1CCCC2. The van der Waals surface area contributed by atoms with Crippen LogP contribution < -0.4 is 5.73 Å². The molecular weight excluding hydrogens is 226 g/mol. The fourth-order valence-electron chi connectivity index (χ4n) is 2.61. The zero-order valence-electron chi connectivity index (χ0n) is 11.4. The van der Waals surface area contributed by atoms with Crippen LogP contribution in [-0.4, -0.2) is 26.8 Å². The number of hydrogen-bond donors (Lipinski definition) is 2. The van der Waals surface area contributed by atoms with Crippen LogP contribution in [-0.2, 0) is 19.4 Å². The molecule has 0 spiro atoms. The Morgan fingerprint density at radius 1 is 1.39 bits per heavy atom. The minimum atomic E-state index is -0.422. The van der Waals surface area contributed by atoms with Crippen molar-refractivity contribution in [2.45, 2.75) is 64.0 Å². The van der Waals surface area contributed by atoms with Gasteiger partial charge in [-0.3, -0.25) is 0 Å². The van der Waals surface area contributed by atoms with E-state index in [1.165, 1.54) is 30.7 Å². The molecule has 1 aliphatic rings. The normalized spacial score (nSPS) is 18.4. The molecule has 0 fully saturated rings. The second-order valence-corrected chi connectivity index (χ2v) is 5.81. The molecule has 1 heterocycles. The van der Waals surface area contributed by atoms with Crippen LogP contribution in [0.25, 0.3) is 0 Å². The molecular formula is C14H25N3O. The first kappa shape index (κ1) is 13.6. The summed E-state index contributed by atoms with van der Waals surface area (Å²) in [4.78, 5) is 4.50. The molecule has 1 atom stereocenters. The monoisotopic (exact) mass is 251 g/mol. The van der Waals surface area contributed by atoms with Gasteiger partial charge in [0.15, 0.2) is 0 Å². The maximum atomic E-state index is 9.10. The molecule has 0 amide bonds. The van der Waals surface area contributed by atoms with Crippen LogP contribution in [0, 0.1) is 0 Å². The van der Waals surface area contributed by atoms with Crippen LogP contribution in [0.4, 0.5) is 0 Å². The van der Waals surface area contributed by atoms with Gasteiger partial charge >= 0.3 is 0 Å². The summed E-state index contributed by atoms with van der Waals surface area (Å²) >= 11 is 0. The molecule has 0 saturated heterocycles. The molecule has 102 valence electrons. The summed E-state index contributed by atoms with van der Waals surface area (Å²) in [5.41, 5.74) is 8.24. The molecule has 0 aliphatic heterocycles. The number of aliphatic hydroxyl groups is 1. The molecule has 2 rings (SSSR count). The molecule has 4 heteroatoms. The number of aliphatic hydroxyl groups excluding tert-OH is 1. The molecule has 1 aliphatic carbocycles. The first-order valence-electron chi connectivity index (χ1n) is 7.05. The van der Waals surface area contributed by atoms with Crippen LogP contribution >= 0.6 is 0 Å². The number of nitrogens with zero attached hydrogens (tertiary/aromatic N) is 2. The van der Waals surface area contributed by atoms with Crippen molar-refractivity contribution in [3.05, 3.63) is 17.7 Å². The minimum absolute atomic E-state index is 0.0630. The number of fused-ring (bicyclic) bond motifs is 1. The number of aromatic nitrogens is 2. The lowest BCUT2D eigenvalue weighted by Gasteiger charge is -2.21. The first-order valence-corrected chi connectivity index (χ1v) is 7.05. The first-order chi connectivity index (χ1) is 8.62. The highest BCUT2D eigenvalue weighted by molar-refractivity contribution is 5.16. The van der Waals surface area contributed by atoms with Gasteiger partial charge in [0.2, 0.25) is 0 Å². The van der Waals surface area contributed by atoms with Crippen molar-refractivity contribution in [3.63, 3.8) is 0 Å². The van der Waals surface area contributed by atoms with E-state index in [0.717, 1.165) is 32.2 Å². The van der Waals surface area contributed by atoms with Crippen molar-refractivity contribution in [2.75, 3.05) is 6.61 Å². The van der Waals surface area contributed by atoms with Crippen molar-refractivity contribution < 1.29 is 5.11 Å². The maximum absolute atomic E-state index is 9.10. The number of aryl methyl sites for hydroxylation is 2. The van der Waals surface area contributed by atoms with Crippen molar-refractivity contribution in [1.82, 2.24) is 9.55 Å². The summed E-state index contributed by atoms with van der Waals surface area (Å²) in [5.74, 6) is 0. The third-order valence-corrected chi connectivity index (χ3v) is 3.87. The van der Waals surface area contributed by atoms with E-state index in [1.54, 1.807) is 0 Å². The largest absolute Gasteiger partial charge is 0.394 e. The van der Waals surface area contributed by atoms with Gasteiger partial charge in [0.25, 0.3) is 0 Å². The third-order valence-electron chi connectivity index (χ3n) is 3.87. The standard InChI is InChI=1S/C14H25N3O/c1-14(15,10-18)8-4-5-9-17-11-16-12-6-2-3-7-13(12)17/h11,18H,2-10,15H2,1H3. The van der Waals surface area contributed by atoms with Gasteiger partial charge in [-0.2, -0.15) is 0 Å². The lowest BCUT2D eigenvalue weighted by molar-refractivity contribution is 0.197. The molecule has 18 heavy (non-hydrogen) atoms. The molecule has 3 N–H and O–H groups in total. The van der Waals surface area contributed by atoms with E-state index in [1.807, 2.05) is 13.3 Å². The summed E-state index contributed by atoms with van der Waals surface area (Å²) in [6.45, 7) is 3.00. The number of rotatable bonds is 6. The summed E-state index contributed by atoms with van der Waals surface area (Å²) in [7, 11) is 0. The fourth-order valence-corrected chi connectivity index (χ4v) is 2.61. The van der Waals surface area contributed by atoms with Gasteiger partial charge in [-0.15, -0.1) is 0 Å². The molecule has 1 unspecified atom stereocenters. The Bertz CT molecular complexity index is 384. The molecule has 1 aromatic heterocycles. The average Bonchev–Trinajstić information content (AvgIpc) is 2.78. The Labute approximate surface area is 109 Å². The lowest BCUT2D eigenvalue weighted by Crippen LogP contribution is -2.39. The van der Waals surface area contributed by atoms with Crippen molar-refractivity contribution in [1.29, 1.82) is 0 Å². The van der Waals surface area contributed by atoms with Crippen LogP contribution in [0.15, 0.2) is 6.33 Å². The van der Waals surface area contributed by atoms with Crippen LogP contribution in [0.5, 0.6) is 0 Å². The van der Waals surface area contributed by atoms with Gasteiger partial charge in [-0.1, -0.05) is 0 Å². The van der Waals surface area contributed by atoms with E-state index in [4.69, 9.17) is 10.8 Å². The highest BCUT2D eigenvalue weighted by atomic mass is 16.3. The predicted molar refractivity (Wildman–Crippen MR) is 72.4 cm³/mol. The van der Waals surface area contributed by atoms with Gasteiger partial charge in [0.1, 0.15) is 0 Å². The van der Waals surface area contributed by atoms with Gasteiger partial charge in [-0.05, 0) is 51.9 Å². The van der Waals surface area contributed by atoms with Gasteiger partial charge in [0.05, 0.1) is 18.6 Å². The van der Waals surface area contributed by atoms with E-state index in [0.29, 0.717) is 0 Å². The van der Waals surface area contributed by atoms with E-state index in [2.05, 4.69) is 9.55 Å². The van der Waals surface area contributed by atoms with E-state index < -0.39 is 5.54 Å². The van der Waals surface area contributed by atoms with E-state index >= 15 is 0 Å².